The number of hydrogen-bond donors (Lipinski definition) is 2. The van der Waals surface area contributed by atoms with Crippen LogP contribution < -0.4 is 10.6 Å². The highest BCUT2D eigenvalue weighted by Gasteiger charge is 2.34. The third-order valence-corrected chi connectivity index (χ3v) is 5.08. The maximum absolute atomic E-state index is 12.9. The van der Waals surface area contributed by atoms with Gasteiger partial charge in [0.05, 0.1) is 17.4 Å². The summed E-state index contributed by atoms with van der Waals surface area (Å²) >= 11 is 0. The van der Waals surface area contributed by atoms with Crippen LogP contribution in [0.25, 0.3) is 0 Å². The number of fused-ring (bicyclic) bond motifs is 1. The number of para-hydroxylation sites is 2. The van der Waals surface area contributed by atoms with Gasteiger partial charge in [-0.1, -0.05) is 49.4 Å². The molecule has 0 amide bonds. The summed E-state index contributed by atoms with van der Waals surface area (Å²) in [6.07, 6.45) is 2.38. The number of rotatable bonds is 2. The molecular formula is C21H22N2O. The number of anilines is 2. The van der Waals surface area contributed by atoms with Gasteiger partial charge in [0, 0.05) is 17.7 Å². The van der Waals surface area contributed by atoms with Crippen LogP contribution in [0.2, 0.25) is 0 Å². The summed E-state index contributed by atoms with van der Waals surface area (Å²) in [4.78, 5) is 12.9. The molecule has 2 N–H and O–H groups in total. The second-order valence-electron chi connectivity index (χ2n) is 6.61. The van der Waals surface area contributed by atoms with Gasteiger partial charge < -0.3 is 10.6 Å². The minimum absolute atomic E-state index is 0.0837. The van der Waals surface area contributed by atoms with Crippen molar-refractivity contribution in [1.82, 2.24) is 0 Å². The third kappa shape index (κ3) is 2.60. The molecule has 4 rings (SSSR count). The van der Waals surface area contributed by atoms with E-state index in [4.69, 9.17) is 0 Å². The molecule has 0 bridgehead atoms. The van der Waals surface area contributed by atoms with Crippen molar-refractivity contribution in [3.63, 3.8) is 0 Å². The quantitative estimate of drug-likeness (QED) is 0.843. The minimum atomic E-state index is 0.0837. The first kappa shape index (κ1) is 15.0. The van der Waals surface area contributed by atoms with Crippen LogP contribution in [0.15, 0.2) is 65.9 Å². The third-order valence-electron chi connectivity index (χ3n) is 5.08. The molecule has 24 heavy (non-hydrogen) atoms. The molecule has 3 heteroatoms. The molecule has 1 aliphatic heterocycles. The Morgan fingerprint density at radius 2 is 1.67 bits per heavy atom. The lowest BCUT2D eigenvalue weighted by molar-refractivity contribution is -0.116. The van der Waals surface area contributed by atoms with Crippen LogP contribution in [0.1, 0.15) is 37.7 Å². The van der Waals surface area contributed by atoms with Crippen molar-refractivity contribution in [3.8, 4) is 0 Å². The van der Waals surface area contributed by atoms with Crippen LogP contribution in [-0.2, 0) is 4.79 Å². The normalized spacial score (nSPS) is 22.8. The van der Waals surface area contributed by atoms with Gasteiger partial charge in [-0.25, -0.2) is 0 Å². The van der Waals surface area contributed by atoms with Gasteiger partial charge in [0.25, 0.3) is 0 Å². The molecule has 0 spiro atoms. The van der Waals surface area contributed by atoms with Gasteiger partial charge in [-0.3, -0.25) is 4.79 Å². The van der Waals surface area contributed by atoms with E-state index < -0.39 is 0 Å². The van der Waals surface area contributed by atoms with Crippen molar-refractivity contribution in [1.29, 1.82) is 0 Å². The van der Waals surface area contributed by atoms with Crippen molar-refractivity contribution in [2.24, 2.45) is 0 Å². The fraction of sp³-hybridized carbons (Fsp3) is 0.286. The first-order chi connectivity index (χ1) is 11.8. The summed E-state index contributed by atoms with van der Waals surface area (Å²) < 4.78 is 0. The van der Waals surface area contributed by atoms with Crippen LogP contribution in [0.4, 0.5) is 11.4 Å². The molecule has 2 aliphatic rings. The molecule has 3 nitrogen and oxygen atoms in total. The average molecular weight is 318 g/mol. The minimum Gasteiger partial charge on any atom is -0.376 e. The van der Waals surface area contributed by atoms with Crippen LogP contribution in [-0.4, -0.2) is 11.8 Å². The van der Waals surface area contributed by atoms with Crippen LogP contribution in [0, 0.1) is 0 Å². The molecule has 0 fully saturated rings. The van der Waals surface area contributed by atoms with Crippen molar-refractivity contribution in [3.05, 3.63) is 71.4 Å². The number of ketones is 1. The molecule has 122 valence electrons. The molecule has 2 atom stereocenters. The van der Waals surface area contributed by atoms with Gasteiger partial charge in [-0.15, -0.1) is 0 Å². The highest BCUT2D eigenvalue weighted by molar-refractivity contribution is 6.01. The molecule has 1 heterocycles. The van der Waals surface area contributed by atoms with Gasteiger partial charge in [0.2, 0.25) is 0 Å². The predicted molar refractivity (Wildman–Crippen MR) is 98.2 cm³/mol. The lowest BCUT2D eigenvalue weighted by atomic mass is 9.79. The number of hydrogen-bond acceptors (Lipinski definition) is 3. The Morgan fingerprint density at radius 3 is 2.42 bits per heavy atom. The van der Waals surface area contributed by atoms with E-state index in [1.807, 2.05) is 18.2 Å². The molecule has 1 aliphatic carbocycles. The summed E-state index contributed by atoms with van der Waals surface area (Å²) in [6.45, 7) is 2.13. The van der Waals surface area contributed by atoms with E-state index in [-0.39, 0.29) is 17.7 Å². The molecule has 0 aromatic heterocycles. The Labute approximate surface area is 142 Å². The lowest BCUT2D eigenvalue weighted by Gasteiger charge is -2.29. The monoisotopic (exact) mass is 318 g/mol. The second-order valence-corrected chi connectivity index (χ2v) is 6.61. The van der Waals surface area contributed by atoms with Crippen molar-refractivity contribution < 1.29 is 4.79 Å². The first-order valence-electron chi connectivity index (χ1n) is 8.70. The van der Waals surface area contributed by atoms with Gasteiger partial charge in [0.1, 0.15) is 0 Å². The Bertz CT molecular complexity index is 794. The Morgan fingerprint density at radius 1 is 0.958 bits per heavy atom. The molecule has 0 unspecified atom stereocenters. The summed E-state index contributed by atoms with van der Waals surface area (Å²) in [6, 6.07) is 18.7. The number of carbonyl (C=O) groups is 1. The number of nitrogens with one attached hydrogen (secondary N) is 2. The highest BCUT2D eigenvalue weighted by Crippen LogP contribution is 2.40. The smallest absolute Gasteiger partial charge is 0.163 e. The maximum Gasteiger partial charge on any atom is 0.163 e. The fourth-order valence-corrected chi connectivity index (χ4v) is 3.86. The van der Waals surface area contributed by atoms with Crippen molar-refractivity contribution in [2.45, 2.75) is 38.1 Å². The van der Waals surface area contributed by atoms with Gasteiger partial charge >= 0.3 is 0 Å². The molecule has 2 aromatic carbocycles. The van der Waals surface area contributed by atoms with Gasteiger partial charge in [-0.2, -0.15) is 0 Å². The van der Waals surface area contributed by atoms with Crippen LogP contribution in [0.5, 0.6) is 0 Å². The van der Waals surface area contributed by atoms with Crippen molar-refractivity contribution >= 4 is 17.2 Å². The number of carbonyl (C=O) groups excluding carboxylic acids is 1. The summed E-state index contributed by atoms with van der Waals surface area (Å²) in [5.74, 6) is 0.525. The summed E-state index contributed by atoms with van der Waals surface area (Å²) in [5.41, 5.74) is 5.41. The van der Waals surface area contributed by atoms with Gasteiger partial charge in [0.15, 0.2) is 5.78 Å². The van der Waals surface area contributed by atoms with E-state index in [9.17, 15) is 4.79 Å². The largest absolute Gasteiger partial charge is 0.376 e. The zero-order chi connectivity index (χ0) is 16.5. The molecule has 0 radical (unpaired) electrons. The van der Waals surface area contributed by atoms with E-state index in [1.165, 1.54) is 5.56 Å². The number of allylic oxidation sites excluding steroid dienone is 1. The summed E-state index contributed by atoms with van der Waals surface area (Å²) in [5, 5.41) is 7.10. The summed E-state index contributed by atoms with van der Waals surface area (Å²) in [7, 11) is 0. The van der Waals surface area contributed by atoms with Gasteiger partial charge in [-0.05, 0) is 36.5 Å². The Hall–Kier alpha value is -2.55. The zero-order valence-electron chi connectivity index (χ0n) is 13.9. The number of Topliss-reactive ketones (excluding diaryl/α,β-unsaturated/α-hetero) is 1. The van der Waals surface area contributed by atoms with Crippen LogP contribution in [0.3, 0.4) is 0 Å². The number of benzene rings is 2. The Balaban J connectivity index is 1.74. The molecule has 2 aromatic rings. The van der Waals surface area contributed by atoms with E-state index in [2.05, 4.69) is 54.0 Å². The topological polar surface area (TPSA) is 41.1 Å². The maximum atomic E-state index is 12.9. The molecule has 0 saturated heterocycles. The van der Waals surface area contributed by atoms with E-state index in [0.29, 0.717) is 6.42 Å². The fourth-order valence-electron chi connectivity index (χ4n) is 3.86. The zero-order valence-corrected chi connectivity index (χ0v) is 13.9. The molecule has 0 saturated carbocycles. The first-order valence-corrected chi connectivity index (χ1v) is 8.70. The average Bonchev–Trinajstić information content (AvgIpc) is 2.78. The van der Waals surface area contributed by atoms with Crippen molar-refractivity contribution in [2.75, 3.05) is 10.6 Å². The lowest BCUT2D eigenvalue weighted by Crippen LogP contribution is -2.31. The molecular weight excluding hydrogens is 296 g/mol. The second kappa shape index (κ2) is 6.16. The van der Waals surface area contributed by atoms with E-state index in [1.54, 1.807) is 0 Å². The van der Waals surface area contributed by atoms with Crippen LogP contribution >= 0.6 is 0 Å². The Kier molecular flexibility index (Phi) is 3.85. The SMILES string of the molecule is CC[C@H]1Nc2ccccc2NC2=C1C(=O)C[C@H](c1ccccc1)C2. The van der Waals surface area contributed by atoms with E-state index >= 15 is 0 Å². The predicted octanol–water partition coefficient (Wildman–Crippen LogP) is 4.70. The standard InChI is InChI=1S/C21H22N2O/c1-2-16-21-19(23-18-11-7-6-10-17(18)22-16)12-15(13-20(21)24)14-8-4-3-5-9-14/h3-11,15-16,22-23H,2,12-13H2,1H3/t15-,16-/m1/s1. The van der Waals surface area contributed by atoms with E-state index in [0.717, 1.165) is 35.5 Å². The highest BCUT2D eigenvalue weighted by atomic mass is 16.1.